The van der Waals surface area contributed by atoms with Crippen LogP contribution in [0.3, 0.4) is 0 Å². The van der Waals surface area contributed by atoms with Gasteiger partial charge in [-0.25, -0.2) is 13.2 Å². The van der Waals surface area contributed by atoms with E-state index in [4.69, 9.17) is 0 Å². The Kier molecular flexibility index (Phi) is 5.84. The zero-order valence-corrected chi connectivity index (χ0v) is 16.8. The third-order valence-electron chi connectivity index (χ3n) is 4.31. The van der Waals surface area contributed by atoms with Gasteiger partial charge in [0.1, 0.15) is 6.54 Å². The van der Waals surface area contributed by atoms with Crippen molar-refractivity contribution in [3.63, 3.8) is 0 Å². The summed E-state index contributed by atoms with van der Waals surface area (Å²) >= 11 is 0. The van der Waals surface area contributed by atoms with Gasteiger partial charge in [-0.05, 0) is 35.7 Å². The fourth-order valence-corrected chi connectivity index (χ4v) is 3.81. The minimum Gasteiger partial charge on any atom is -0.465 e. The van der Waals surface area contributed by atoms with E-state index >= 15 is 0 Å². The molecule has 0 spiro atoms. The maximum Gasteiger partial charge on any atom is 0.337 e. The normalized spacial score (nSPS) is 11.1. The van der Waals surface area contributed by atoms with Gasteiger partial charge in [-0.3, -0.25) is 9.10 Å². The van der Waals surface area contributed by atoms with Gasteiger partial charge in [0, 0.05) is 11.1 Å². The molecule has 3 aromatic rings. The van der Waals surface area contributed by atoms with Crippen LogP contribution in [0.25, 0.3) is 10.8 Å². The smallest absolute Gasteiger partial charge is 0.337 e. The zero-order valence-electron chi connectivity index (χ0n) is 16.0. The molecule has 0 aliphatic carbocycles. The highest BCUT2D eigenvalue weighted by Crippen LogP contribution is 2.28. The van der Waals surface area contributed by atoms with Crippen molar-refractivity contribution in [1.29, 1.82) is 0 Å². The summed E-state index contributed by atoms with van der Waals surface area (Å²) in [5.41, 5.74) is 1.22. The van der Waals surface area contributed by atoms with Gasteiger partial charge in [-0.15, -0.1) is 0 Å². The lowest BCUT2D eigenvalue weighted by molar-refractivity contribution is -0.114. The first-order valence-corrected chi connectivity index (χ1v) is 10.6. The number of ether oxygens (including phenoxy) is 1. The number of nitrogens with one attached hydrogen (secondary N) is 1. The summed E-state index contributed by atoms with van der Waals surface area (Å²) in [5.74, 6) is -0.990. The molecular weight excluding hydrogens is 392 g/mol. The number of carbonyl (C=O) groups excluding carboxylic acids is 2. The molecule has 3 aromatic carbocycles. The van der Waals surface area contributed by atoms with Gasteiger partial charge in [0.25, 0.3) is 0 Å². The average molecular weight is 412 g/mol. The molecule has 0 fully saturated rings. The minimum atomic E-state index is -3.71. The Bertz CT molecular complexity index is 1150. The second-order valence-corrected chi connectivity index (χ2v) is 8.29. The lowest BCUT2D eigenvalue weighted by atomic mass is 10.1. The topological polar surface area (TPSA) is 92.8 Å². The van der Waals surface area contributed by atoms with Crippen LogP contribution in [0.4, 0.5) is 11.4 Å². The fourth-order valence-electron chi connectivity index (χ4n) is 2.95. The summed E-state index contributed by atoms with van der Waals surface area (Å²) in [5, 5.41) is 4.25. The lowest BCUT2D eigenvalue weighted by Crippen LogP contribution is -2.37. The summed E-state index contributed by atoms with van der Waals surface area (Å²) < 4.78 is 30.5. The van der Waals surface area contributed by atoms with E-state index in [1.165, 1.54) is 19.2 Å². The Hall–Kier alpha value is -3.39. The van der Waals surface area contributed by atoms with E-state index in [-0.39, 0.29) is 6.54 Å². The van der Waals surface area contributed by atoms with Crippen molar-refractivity contribution in [3.8, 4) is 0 Å². The van der Waals surface area contributed by atoms with Gasteiger partial charge >= 0.3 is 5.97 Å². The number of rotatable bonds is 6. The molecule has 0 saturated carbocycles. The predicted molar refractivity (Wildman–Crippen MR) is 113 cm³/mol. The molecule has 0 aliphatic heterocycles. The fraction of sp³-hybridized carbons (Fsp3) is 0.143. The summed E-state index contributed by atoms with van der Waals surface area (Å²) in [6.45, 7) is -0.383. The molecule has 150 valence electrons. The summed E-state index contributed by atoms with van der Waals surface area (Å²) in [6.07, 6.45) is 1.06. The Labute approximate surface area is 169 Å². The van der Waals surface area contributed by atoms with E-state index in [0.29, 0.717) is 16.9 Å². The Morgan fingerprint density at radius 1 is 0.966 bits per heavy atom. The highest BCUT2D eigenvalue weighted by Gasteiger charge is 2.22. The molecule has 3 rings (SSSR count). The highest BCUT2D eigenvalue weighted by atomic mass is 32.2. The maximum absolute atomic E-state index is 12.5. The molecule has 0 saturated heterocycles. The van der Waals surface area contributed by atoms with Crippen molar-refractivity contribution in [2.45, 2.75) is 0 Å². The number of amides is 1. The number of fused-ring (bicyclic) bond motifs is 1. The van der Waals surface area contributed by atoms with Crippen molar-refractivity contribution in [2.75, 3.05) is 29.5 Å². The first kappa shape index (κ1) is 20.3. The van der Waals surface area contributed by atoms with Crippen LogP contribution in [0.1, 0.15) is 10.4 Å². The van der Waals surface area contributed by atoms with E-state index in [1.807, 2.05) is 30.3 Å². The Morgan fingerprint density at radius 3 is 2.28 bits per heavy atom. The van der Waals surface area contributed by atoms with Crippen LogP contribution in [0.2, 0.25) is 0 Å². The monoisotopic (exact) mass is 412 g/mol. The second kappa shape index (κ2) is 8.32. The number of esters is 1. The quantitative estimate of drug-likeness (QED) is 0.628. The summed E-state index contributed by atoms with van der Waals surface area (Å²) in [6, 6.07) is 18.8. The molecule has 0 aliphatic rings. The Morgan fingerprint density at radius 2 is 1.62 bits per heavy atom. The number of hydrogen-bond acceptors (Lipinski definition) is 5. The average Bonchev–Trinajstić information content (AvgIpc) is 2.71. The SMILES string of the molecule is COC(=O)c1ccc(NC(=O)CN(c2cccc3ccccc23)S(C)(=O)=O)cc1. The van der Waals surface area contributed by atoms with Gasteiger partial charge < -0.3 is 10.1 Å². The molecule has 8 heteroatoms. The second-order valence-electron chi connectivity index (χ2n) is 6.39. The third-order valence-corrected chi connectivity index (χ3v) is 5.44. The standard InChI is InChI=1S/C21H20N2O5S/c1-28-21(25)16-10-12-17(13-11-16)22-20(24)14-23(29(2,26)27)19-9-5-7-15-6-3-4-8-18(15)19/h3-13H,14H2,1-2H3,(H,22,24). The first-order chi connectivity index (χ1) is 13.8. The molecule has 29 heavy (non-hydrogen) atoms. The highest BCUT2D eigenvalue weighted by molar-refractivity contribution is 7.92. The molecule has 0 aromatic heterocycles. The number of nitrogens with zero attached hydrogens (tertiary/aromatic N) is 1. The van der Waals surface area contributed by atoms with E-state index in [9.17, 15) is 18.0 Å². The molecular formula is C21H20N2O5S. The largest absolute Gasteiger partial charge is 0.465 e. The number of methoxy groups -OCH3 is 1. The molecule has 0 radical (unpaired) electrons. The van der Waals surface area contributed by atoms with Gasteiger partial charge in [-0.2, -0.15) is 0 Å². The summed E-state index contributed by atoms with van der Waals surface area (Å²) in [7, 11) is -2.42. The molecule has 7 nitrogen and oxygen atoms in total. The van der Waals surface area contributed by atoms with Crippen molar-refractivity contribution in [3.05, 3.63) is 72.3 Å². The van der Waals surface area contributed by atoms with Crippen molar-refractivity contribution < 1.29 is 22.7 Å². The molecule has 0 atom stereocenters. The predicted octanol–water partition coefficient (Wildman–Crippen LogP) is 3.03. The number of anilines is 2. The number of benzene rings is 3. The van der Waals surface area contributed by atoms with Crippen LogP contribution in [0, 0.1) is 0 Å². The van der Waals surface area contributed by atoms with Crippen molar-refractivity contribution in [1.82, 2.24) is 0 Å². The van der Waals surface area contributed by atoms with Gasteiger partial charge in [0.15, 0.2) is 0 Å². The van der Waals surface area contributed by atoms with Crippen LogP contribution in [-0.2, 0) is 19.6 Å². The van der Waals surface area contributed by atoms with Crippen molar-refractivity contribution in [2.24, 2.45) is 0 Å². The van der Waals surface area contributed by atoms with Gasteiger partial charge in [0.05, 0.1) is 24.6 Å². The van der Waals surface area contributed by atoms with E-state index in [1.54, 1.807) is 24.3 Å². The lowest BCUT2D eigenvalue weighted by Gasteiger charge is -2.23. The molecule has 0 unspecified atom stereocenters. The van der Waals surface area contributed by atoms with Crippen LogP contribution in [-0.4, -0.2) is 40.2 Å². The van der Waals surface area contributed by atoms with Gasteiger partial charge in [-0.1, -0.05) is 36.4 Å². The molecule has 1 amide bonds. The molecule has 1 N–H and O–H groups in total. The number of hydrogen-bond donors (Lipinski definition) is 1. The first-order valence-electron chi connectivity index (χ1n) is 8.73. The molecule has 0 heterocycles. The van der Waals surface area contributed by atoms with E-state index in [0.717, 1.165) is 21.3 Å². The number of sulfonamides is 1. The van der Waals surface area contributed by atoms with E-state index in [2.05, 4.69) is 10.1 Å². The van der Waals surface area contributed by atoms with Gasteiger partial charge in [0.2, 0.25) is 15.9 Å². The summed E-state index contributed by atoms with van der Waals surface area (Å²) in [4.78, 5) is 24.0. The Balaban J connectivity index is 1.84. The van der Waals surface area contributed by atoms with Crippen LogP contribution in [0.15, 0.2) is 66.7 Å². The zero-order chi connectivity index (χ0) is 21.0. The van der Waals surface area contributed by atoms with Crippen LogP contribution < -0.4 is 9.62 Å². The molecule has 0 bridgehead atoms. The van der Waals surface area contributed by atoms with E-state index < -0.39 is 21.9 Å². The van der Waals surface area contributed by atoms with Crippen molar-refractivity contribution >= 4 is 44.0 Å². The number of carbonyl (C=O) groups is 2. The third kappa shape index (κ3) is 4.72. The van der Waals surface area contributed by atoms with Crippen LogP contribution in [0.5, 0.6) is 0 Å². The maximum atomic E-state index is 12.5. The minimum absolute atomic E-state index is 0.346. The van der Waals surface area contributed by atoms with Crippen LogP contribution >= 0.6 is 0 Å².